The zero-order valence-electron chi connectivity index (χ0n) is 16.0. The molecule has 5 nitrogen and oxygen atoms in total. The van der Waals surface area contributed by atoms with E-state index in [4.69, 9.17) is 0 Å². The van der Waals surface area contributed by atoms with Gasteiger partial charge in [-0.15, -0.1) is 24.0 Å². The molecule has 1 fully saturated rings. The zero-order valence-corrected chi connectivity index (χ0v) is 18.3. The van der Waals surface area contributed by atoms with Gasteiger partial charge in [0, 0.05) is 32.1 Å². The number of nitrogens with zero attached hydrogens (tertiary/aromatic N) is 1. The molecule has 6 heteroatoms. The molecule has 1 aliphatic carbocycles. The molecule has 0 aromatic heterocycles. The molecule has 1 aromatic rings. The normalized spacial score (nSPS) is 15.8. The molecule has 1 saturated carbocycles. The van der Waals surface area contributed by atoms with E-state index in [2.05, 4.69) is 52.1 Å². The summed E-state index contributed by atoms with van der Waals surface area (Å²) >= 11 is 0. The maximum atomic E-state index is 11.9. The number of nitrogens with one attached hydrogen (secondary N) is 3. The Morgan fingerprint density at radius 2 is 1.92 bits per heavy atom. The summed E-state index contributed by atoms with van der Waals surface area (Å²) in [6.45, 7) is 2.76. The second-order valence-corrected chi connectivity index (χ2v) is 6.87. The molecule has 0 radical (unpaired) electrons. The van der Waals surface area contributed by atoms with E-state index in [9.17, 15) is 4.79 Å². The van der Waals surface area contributed by atoms with E-state index in [-0.39, 0.29) is 29.9 Å². The highest BCUT2D eigenvalue weighted by atomic mass is 127. The molecular weight excluding hydrogens is 439 g/mol. The molecule has 3 N–H and O–H groups in total. The van der Waals surface area contributed by atoms with Gasteiger partial charge in [0.1, 0.15) is 0 Å². The smallest absolute Gasteiger partial charge is 0.221 e. The molecule has 26 heavy (non-hydrogen) atoms. The summed E-state index contributed by atoms with van der Waals surface area (Å²) in [4.78, 5) is 16.2. The van der Waals surface area contributed by atoms with E-state index in [1.54, 1.807) is 7.05 Å². The van der Waals surface area contributed by atoms with E-state index in [0.717, 1.165) is 31.6 Å². The predicted molar refractivity (Wildman–Crippen MR) is 119 cm³/mol. The van der Waals surface area contributed by atoms with Crippen molar-refractivity contribution in [1.29, 1.82) is 0 Å². The third-order valence-corrected chi connectivity index (χ3v) is 4.68. The van der Waals surface area contributed by atoms with Crippen LogP contribution in [0.3, 0.4) is 0 Å². The Morgan fingerprint density at radius 3 is 2.58 bits per heavy atom. The summed E-state index contributed by atoms with van der Waals surface area (Å²) in [7, 11) is 1.76. The van der Waals surface area contributed by atoms with Crippen molar-refractivity contribution >= 4 is 35.8 Å². The van der Waals surface area contributed by atoms with Crippen molar-refractivity contribution in [3.05, 3.63) is 35.9 Å². The minimum atomic E-state index is 0. The Bertz CT molecular complexity index is 544. The maximum Gasteiger partial charge on any atom is 0.221 e. The Balaban J connectivity index is 0.00000338. The summed E-state index contributed by atoms with van der Waals surface area (Å²) in [5, 5.41) is 9.73. The van der Waals surface area contributed by atoms with Gasteiger partial charge in [-0.05, 0) is 38.2 Å². The molecule has 1 atom stereocenters. The van der Waals surface area contributed by atoms with Crippen LogP contribution >= 0.6 is 24.0 Å². The van der Waals surface area contributed by atoms with Crippen LogP contribution in [0, 0.1) is 0 Å². The minimum absolute atomic E-state index is 0. The number of carbonyl (C=O) groups excluding carboxylic acids is 1. The minimum Gasteiger partial charge on any atom is -0.356 e. The van der Waals surface area contributed by atoms with Crippen LogP contribution in [0.5, 0.6) is 0 Å². The summed E-state index contributed by atoms with van der Waals surface area (Å²) < 4.78 is 0. The first kappa shape index (κ1) is 22.7. The van der Waals surface area contributed by atoms with Gasteiger partial charge in [-0.2, -0.15) is 0 Å². The van der Waals surface area contributed by atoms with Gasteiger partial charge in [0.15, 0.2) is 5.96 Å². The fourth-order valence-electron chi connectivity index (χ4n) is 3.19. The van der Waals surface area contributed by atoms with Crippen LogP contribution in [0.25, 0.3) is 0 Å². The van der Waals surface area contributed by atoms with Gasteiger partial charge in [0.05, 0.1) is 0 Å². The molecule has 1 aromatic carbocycles. The molecule has 2 rings (SSSR count). The lowest BCUT2D eigenvalue weighted by atomic mass is 10.1. The van der Waals surface area contributed by atoms with Crippen LogP contribution in [0.15, 0.2) is 35.3 Å². The molecule has 0 spiro atoms. The number of carbonyl (C=O) groups is 1. The highest BCUT2D eigenvalue weighted by Crippen LogP contribution is 2.17. The number of amides is 1. The third-order valence-electron chi connectivity index (χ3n) is 4.68. The molecule has 1 amide bonds. The second-order valence-electron chi connectivity index (χ2n) is 6.87. The Labute approximate surface area is 174 Å². The number of hydrogen-bond donors (Lipinski definition) is 3. The molecule has 1 unspecified atom stereocenters. The third kappa shape index (κ3) is 8.87. The summed E-state index contributed by atoms with van der Waals surface area (Å²) in [5.74, 6) is 0.890. The van der Waals surface area contributed by atoms with Crippen LogP contribution in [-0.4, -0.2) is 37.5 Å². The lowest BCUT2D eigenvalue weighted by Crippen LogP contribution is -2.44. The summed E-state index contributed by atoms with van der Waals surface area (Å²) in [5.41, 5.74) is 1.35. The fraction of sp³-hybridized carbons (Fsp3) is 0.600. The van der Waals surface area contributed by atoms with Crippen LogP contribution in [0.4, 0.5) is 0 Å². The zero-order chi connectivity index (χ0) is 17.9. The van der Waals surface area contributed by atoms with Crippen molar-refractivity contribution in [3.63, 3.8) is 0 Å². The average molecular weight is 472 g/mol. The van der Waals surface area contributed by atoms with Crippen LogP contribution < -0.4 is 16.0 Å². The molecular formula is C20H33IN4O. The number of guanidine groups is 1. The number of benzene rings is 1. The first-order valence-corrected chi connectivity index (χ1v) is 9.48. The standard InChI is InChI=1S/C20H32N4O.HI/c1-16(12-13-17-8-4-3-5-9-17)23-20(21-2)22-15-14-19(25)24-18-10-6-7-11-18;/h3-5,8-9,16,18H,6-7,10-15H2,1-2H3,(H,24,25)(H2,21,22,23);1H. The number of aryl methyl sites for hydroxylation is 1. The Hall–Kier alpha value is -1.31. The van der Waals surface area contributed by atoms with E-state index < -0.39 is 0 Å². The maximum absolute atomic E-state index is 11.9. The molecule has 0 bridgehead atoms. The van der Waals surface area contributed by atoms with E-state index in [1.807, 2.05) is 6.07 Å². The van der Waals surface area contributed by atoms with Crippen molar-refractivity contribution in [1.82, 2.24) is 16.0 Å². The topological polar surface area (TPSA) is 65.5 Å². The Kier molecular flexibility index (Phi) is 11.3. The summed E-state index contributed by atoms with van der Waals surface area (Å²) in [6.07, 6.45) is 7.28. The van der Waals surface area contributed by atoms with Gasteiger partial charge in [-0.25, -0.2) is 0 Å². The van der Waals surface area contributed by atoms with Crippen molar-refractivity contribution in [2.45, 2.75) is 64.0 Å². The van der Waals surface area contributed by atoms with Crippen molar-refractivity contribution in [2.24, 2.45) is 4.99 Å². The van der Waals surface area contributed by atoms with Gasteiger partial charge < -0.3 is 16.0 Å². The van der Waals surface area contributed by atoms with Gasteiger partial charge >= 0.3 is 0 Å². The van der Waals surface area contributed by atoms with Crippen molar-refractivity contribution in [2.75, 3.05) is 13.6 Å². The van der Waals surface area contributed by atoms with Crippen LogP contribution in [0.2, 0.25) is 0 Å². The fourth-order valence-corrected chi connectivity index (χ4v) is 3.19. The highest BCUT2D eigenvalue weighted by Gasteiger charge is 2.16. The molecule has 0 heterocycles. The van der Waals surface area contributed by atoms with Crippen molar-refractivity contribution in [3.8, 4) is 0 Å². The molecule has 1 aliphatic rings. The first-order valence-electron chi connectivity index (χ1n) is 9.48. The van der Waals surface area contributed by atoms with Crippen LogP contribution in [-0.2, 0) is 11.2 Å². The monoisotopic (exact) mass is 472 g/mol. The molecule has 146 valence electrons. The van der Waals surface area contributed by atoms with E-state index in [0.29, 0.717) is 25.0 Å². The average Bonchev–Trinajstić information content (AvgIpc) is 3.13. The van der Waals surface area contributed by atoms with Crippen molar-refractivity contribution < 1.29 is 4.79 Å². The predicted octanol–water partition coefficient (Wildman–Crippen LogP) is 3.24. The molecule has 0 aliphatic heterocycles. The number of halogens is 1. The first-order chi connectivity index (χ1) is 12.2. The van der Waals surface area contributed by atoms with Gasteiger partial charge in [-0.1, -0.05) is 43.2 Å². The lowest BCUT2D eigenvalue weighted by Gasteiger charge is -2.18. The highest BCUT2D eigenvalue weighted by molar-refractivity contribution is 14.0. The Morgan fingerprint density at radius 1 is 1.23 bits per heavy atom. The summed E-state index contributed by atoms with van der Waals surface area (Å²) in [6, 6.07) is 11.2. The number of hydrogen-bond acceptors (Lipinski definition) is 2. The van der Waals surface area contributed by atoms with Gasteiger partial charge in [0.25, 0.3) is 0 Å². The quantitative estimate of drug-likeness (QED) is 0.309. The van der Waals surface area contributed by atoms with Crippen LogP contribution in [0.1, 0.15) is 51.0 Å². The van der Waals surface area contributed by atoms with E-state index in [1.165, 1.54) is 18.4 Å². The number of rotatable bonds is 8. The van der Waals surface area contributed by atoms with Gasteiger partial charge in [0.2, 0.25) is 5.91 Å². The van der Waals surface area contributed by atoms with E-state index >= 15 is 0 Å². The largest absolute Gasteiger partial charge is 0.356 e. The SMILES string of the molecule is CN=C(NCCC(=O)NC1CCCC1)NC(C)CCc1ccccc1.I. The lowest BCUT2D eigenvalue weighted by molar-refractivity contribution is -0.121. The second kappa shape index (κ2) is 12.9. The van der Waals surface area contributed by atoms with Gasteiger partial charge in [-0.3, -0.25) is 9.79 Å². The number of aliphatic imine (C=N–C) groups is 1. The molecule has 0 saturated heterocycles.